The fourth-order valence-corrected chi connectivity index (χ4v) is 3.23. The summed E-state index contributed by atoms with van der Waals surface area (Å²) < 4.78 is 38.3. The Labute approximate surface area is 188 Å². The van der Waals surface area contributed by atoms with E-state index in [2.05, 4.69) is 20.8 Å². The van der Waals surface area contributed by atoms with Gasteiger partial charge >= 0.3 is 12.1 Å². The van der Waals surface area contributed by atoms with Crippen LogP contribution in [0, 0.1) is 11.6 Å². The number of hydrogen-bond donors (Lipinski definition) is 2. The second kappa shape index (κ2) is 8.09. The van der Waals surface area contributed by atoms with Crippen molar-refractivity contribution in [2.45, 2.75) is 64.8 Å². The second-order valence-electron chi connectivity index (χ2n) is 9.33. The molecule has 4 amide bonds. The van der Waals surface area contributed by atoms with Crippen LogP contribution >= 0.6 is 0 Å². The molecule has 3 rings (SSSR count). The number of nitrogens with one attached hydrogen (secondary N) is 2. The number of carbonyl (C=O) groups is 3. The third-order valence-corrected chi connectivity index (χ3v) is 4.88. The van der Waals surface area contributed by atoms with Crippen LogP contribution in [0.25, 0.3) is 0 Å². The largest absolute Gasteiger partial charge is 0.444 e. The molecular weight excluding hydrogens is 440 g/mol. The van der Waals surface area contributed by atoms with Crippen LogP contribution in [0.2, 0.25) is 0 Å². The minimum absolute atomic E-state index is 0.0781. The van der Waals surface area contributed by atoms with E-state index in [4.69, 9.17) is 9.26 Å². The van der Waals surface area contributed by atoms with Crippen LogP contribution in [0.15, 0.2) is 22.7 Å². The lowest BCUT2D eigenvalue weighted by Crippen LogP contribution is -2.44. The lowest BCUT2D eigenvalue weighted by atomic mass is 9.91. The average Bonchev–Trinajstić information content (AvgIpc) is 3.22. The number of alkyl carbamates (subject to hydrolysis) is 1. The molecule has 1 aliphatic heterocycles. The Hall–Kier alpha value is -3.57. The molecule has 0 radical (unpaired) electrons. The third-order valence-electron chi connectivity index (χ3n) is 4.88. The summed E-state index contributed by atoms with van der Waals surface area (Å²) in [7, 11) is 0. The number of imide groups is 1. The van der Waals surface area contributed by atoms with Gasteiger partial charge < -0.3 is 19.9 Å². The van der Waals surface area contributed by atoms with Crippen molar-refractivity contribution in [3.05, 3.63) is 47.1 Å². The normalized spacial score (nSPS) is 19.0. The van der Waals surface area contributed by atoms with Gasteiger partial charge in [-0.1, -0.05) is 5.16 Å². The molecule has 1 aromatic carbocycles. The number of rotatable bonds is 5. The highest BCUT2D eigenvalue weighted by molar-refractivity contribution is 6.07. The minimum Gasteiger partial charge on any atom is -0.444 e. The van der Waals surface area contributed by atoms with Crippen molar-refractivity contribution in [3.63, 3.8) is 0 Å². The number of benzene rings is 1. The summed E-state index contributed by atoms with van der Waals surface area (Å²) in [5, 5.41) is 8.82. The van der Waals surface area contributed by atoms with E-state index in [1.54, 1.807) is 34.6 Å². The molecular formula is C21H25F2N5O5. The van der Waals surface area contributed by atoms with Crippen LogP contribution in [0.1, 0.15) is 58.8 Å². The Morgan fingerprint density at radius 3 is 2.55 bits per heavy atom. The first kappa shape index (κ1) is 24.1. The quantitative estimate of drug-likeness (QED) is 0.650. The maximum Gasteiger partial charge on any atom is 0.408 e. The molecule has 2 N–H and O–H groups in total. The van der Waals surface area contributed by atoms with Gasteiger partial charge in [-0.2, -0.15) is 4.98 Å². The third kappa shape index (κ3) is 4.94. The summed E-state index contributed by atoms with van der Waals surface area (Å²) in [6, 6.07) is 1.81. The molecule has 1 atom stereocenters. The topological polar surface area (TPSA) is 127 Å². The second-order valence-corrected chi connectivity index (χ2v) is 9.33. The maximum atomic E-state index is 14.3. The smallest absolute Gasteiger partial charge is 0.408 e. The number of carbonyl (C=O) groups excluding carboxylic acids is 3. The molecule has 178 valence electrons. The fourth-order valence-electron chi connectivity index (χ4n) is 3.23. The minimum atomic E-state index is -1.82. The molecule has 2 aromatic rings. The first-order chi connectivity index (χ1) is 15.1. The van der Waals surface area contributed by atoms with Crippen molar-refractivity contribution in [1.29, 1.82) is 0 Å². The Kier molecular flexibility index (Phi) is 5.90. The molecule has 1 aliphatic rings. The van der Waals surface area contributed by atoms with E-state index in [9.17, 15) is 23.2 Å². The van der Waals surface area contributed by atoms with Crippen LogP contribution in [-0.4, -0.2) is 38.7 Å². The lowest BCUT2D eigenvalue weighted by Gasteiger charge is -2.26. The lowest BCUT2D eigenvalue weighted by molar-refractivity contribution is -0.131. The summed E-state index contributed by atoms with van der Waals surface area (Å²) in [6.45, 7) is 9.24. The SMILES string of the molecule is CC(C)(C)OC(=O)NC(C)(C)c1noc(CN2C(=O)NC(C)(c3cc(F)ccc3F)C2=O)n1. The molecule has 1 unspecified atom stereocenters. The van der Waals surface area contributed by atoms with Crippen LogP contribution in [0.3, 0.4) is 0 Å². The summed E-state index contributed by atoms with van der Waals surface area (Å²) in [5.74, 6) is -2.44. The van der Waals surface area contributed by atoms with Gasteiger partial charge in [-0.15, -0.1) is 0 Å². The summed E-state index contributed by atoms with van der Waals surface area (Å²) in [4.78, 5) is 42.5. The van der Waals surface area contributed by atoms with E-state index < -0.39 is 52.9 Å². The number of hydrogen-bond acceptors (Lipinski definition) is 7. The molecule has 0 saturated carbocycles. The number of urea groups is 1. The molecule has 33 heavy (non-hydrogen) atoms. The van der Waals surface area contributed by atoms with Crippen molar-refractivity contribution in [3.8, 4) is 0 Å². The van der Waals surface area contributed by atoms with Crippen LogP contribution in [0.5, 0.6) is 0 Å². The fraction of sp³-hybridized carbons (Fsp3) is 0.476. The number of nitrogens with zero attached hydrogens (tertiary/aromatic N) is 3. The number of halogens is 2. The van der Waals surface area contributed by atoms with Crippen molar-refractivity contribution in [1.82, 2.24) is 25.7 Å². The number of amides is 4. The van der Waals surface area contributed by atoms with Gasteiger partial charge in [0.1, 0.15) is 34.9 Å². The van der Waals surface area contributed by atoms with Gasteiger partial charge in [0, 0.05) is 5.56 Å². The summed E-state index contributed by atoms with van der Waals surface area (Å²) >= 11 is 0. The number of ether oxygens (including phenoxy) is 1. The van der Waals surface area contributed by atoms with Gasteiger partial charge in [-0.05, 0) is 59.7 Å². The van der Waals surface area contributed by atoms with Gasteiger partial charge in [-0.25, -0.2) is 18.4 Å². The Morgan fingerprint density at radius 1 is 1.24 bits per heavy atom. The molecule has 0 aliphatic carbocycles. The van der Waals surface area contributed by atoms with Gasteiger partial charge in [-0.3, -0.25) is 9.69 Å². The van der Waals surface area contributed by atoms with E-state index in [-0.39, 0.29) is 17.3 Å². The van der Waals surface area contributed by atoms with Gasteiger partial charge in [0.05, 0.1) is 0 Å². The molecule has 10 nitrogen and oxygen atoms in total. The van der Waals surface area contributed by atoms with Gasteiger partial charge in [0.25, 0.3) is 5.91 Å². The molecule has 0 bridgehead atoms. The van der Waals surface area contributed by atoms with Gasteiger partial charge in [0.15, 0.2) is 5.82 Å². The van der Waals surface area contributed by atoms with E-state index in [0.29, 0.717) is 0 Å². The van der Waals surface area contributed by atoms with Crippen LogP contribution in [-0.2, 0) is 27.2 Å². The molecule has 0 spiro atoms. The van der Waals surface area contributed by atoms with Crippen molar-refractivity contribution in [2.75, 3.05) is 0 Å². The highest BCUT2D eigenvalue weighted by Gasteiger charge is 2.51. The molecule has 1 aromatic heterocycles. The first-order valence-corrected chi connectivity index (χ1v) is 10.1. The predicted molar refractivity (Wildman–Crippen MR) is 109 cm³/mol. The zero-order valence-electron chi connectivity index (χ0n) is 19.1. The monoisotopic (exact) mass is 465 g/mol. The maximum absolute atomic E-state index is 14.3. The highest BCUT2D eigenvalue weighted by Crippen LogP contribution is 2.32. The van der Waals surface area contributed by atoms with Gasteiger partial charge in [0.2, 0.25) is 5.89 Å². The Morgan fingerprint density at radius 2 is 1.91 bits per heavy atom. The average molecular weight is 465 g/mol. The molecule has 1 fully saturated rings. The molecule has 2 heterocycles. The van der Waals surface area contributed by atoms with E-state index >= 15 is 0 Å². The van der Waals surface area contributed by atoms with Crippen LogP contribution in [0.4, 0.5) is 18.4 Å². The standard InChI is InChI=1S/C21H25F2N5O5/c1-19(2,3)32-18(31)26-20(4,5)15-24-14(33-27-15)10-28-16(29)21(6,25-17(28)30)12-9-11(22)7-8-13(12)23/h7-9H,10H2,1-6H3,(H,25,30)(H,26,31). The van der Waals surface area contributed by atoms with E-state index in [0.717, 1.165) is 23.1 Å². The molecule has 1 saturated heterocycles. The van der Waals surface area contributed by atoms with Crippen molar-refractivity contribution < 1.29 is 32.4 Å². The number of aromatic nitrogens is 2. The Balaban J connectivity index is 1.77. The highest BCUT2D eigenvalue weighted by atomic mass is 19.1. The summed E-state index contributed by atoms with van der Waals surface area (Å²) in [5.41, 5.74) is -3.93. The van der Waals surface area contributed by atoms with Crippen molar-refractivity contribution in [2.24, 2.45) is 0 Å². The van der Waals surface area contributed by atoms with Crippen LogP contribution < -0.4 is 10.6 Å². The predicted octanol–water partition coefficient (Wildman–Crippen LogP) is 3.07. The van der Waals surface area contributed by atoms with E-state index in [1.165, 1.54) is 6.92 Å². The summed E-state index contributed by atoms with van der Waals surface area (Å²) in [6.07, 6.45) is -0.694. The zero-order valence-corrected chi connectivity index (χ0v) is 19.1. The van der Waals surface area contributed by atoms with E-state index in [1.807, 2.05) is 0 Å². The van der Waals surface area contributed by atoms with Crippen molar-refractivity contribution >= 4 is 18.0 Å². The zero-order chi connectivity index (χ0) is 24.8. The Bertz CT molecular complexity index is 1110. The molecule has 12 heteroatoms. The first-order valence-electron chi connectivity index (χ1n) is 10.1.